The van der Waals surface area contributed by atoms with Crippen LogP contribution in [0.4, 0.5) is 0 Å². The van der Waals surface area contributed by atoms with E-state index in [0.29, 0.717) is 6.54 Å². The van der Waals surface area contributed by atoms with Crippen LogP contribution in [0.2, 0.25) is 0 Å². The monoisotopic (exact) mass is 249 g/mol. The van der Waals surface area contributed by atoms with Gasteiger partial charge < -0.3 is 14.8 Å². The average Bonchev–Trinajstić information content (AvgIpc) is 2.64. The summed E-state index contributed by atoms with van der Waals surface area (Å²) < 4.78 is 2.13. The van der Waals surface area contributed by atoms with Crippen molar-refractivity contribution in [2.45, 2.75) is 31.7 Å². The molecule has 1 aliphatic rings. The lowest BCUT2D eigenvalue weighted by molar-refractivity contribution is -0.132. The second-order valence-corrected chi connectivity index (χ2v) is 5.03. The maximum Gasteiger partial charge on any atom is 0.237 e. The fraction of sp³-hybridized carbons (Fsp3) is 0.643. The van der Waals surface area contributed by atoms with Gasteiger partial charge >= 0.3 is 0 Å². The van der Waals surface area contributed by atoms with Crippen molar-refractivity contribution in [3.8, 4) is 0 Å². The molecule has 1 aromatic heterocycles. The molecule has 1 N–H and O–H groups in total. The maximum absolute atomic E-state index is 12.2. The van der Waals surface area contributed by atoms with E-state index >= 15 is 0 Å². The molecule has 18 heavy (non-hydrogen) atoms. The second kappa shape index (κ2) is 6.05. The summed E-state index contributed by atoms with van der Waals surface area (Å²) in [4.78, 5) is 14.3. The molecule has 0 spiro atoms. The number of amides is 1. The summed E-state index contributed by atoms with van der Waals surface area (Å²) in [5.74, 6) is 0.214. The van der Waals surface area contributed by atoms with Crippen molar-refractivity contribution in [2.75, 3.05) is 20.1 Å². The molecule has 1 saturated heterocycles. The molecule has 0 saturated carbocycles. The Balaban J connectivity index is 2.22. The van der Waals surface area contributed by atoms with Crippen LogP contribution in [0.1, 0.15) is 37.4 Å². The van der Waals surface area contributed by atoms with E-state index in [1.165, 1.54) is 18.5 Å². The highest BCUT2D eigenvalue weighted by Crippen LogP contribution is 2.30. The minimum Gasteiger partial charge on any atom is -0.353 e. The Kier molecular flexibility index (Phi) is 4.42. The molecule has 0 radical (unpaired) electrons. The van der Waals surface area contributed by atoms with Gasteiger partial charge in [0, 0.05) is 25.5 Å². The molecular formula is C14H23N3O. The van der Waals surface area contributed by atoms with Gasteiger partial charge in [-0.05, 0) is 32.0 Å². The highest BCUT2D eigenvalue weighted by Gasteiger charge is 2.27. The summed E-state index contributed by atoms with van der Waals surface area (Å²) in [6, 6.07) is 4.43. The fourth-order valence-corrected chi connectivity index (χ4v) is 2.79. The number of nitrogens with one attached hydrogen (secondary N) is 1. The molecule has 2 rings (SSSR count). The van der Waals surface area contributed by atoms with Crippen molar-refractivity contribution in [2.24, 2.45) is 7.05 Å². The van der Waals surface area contributed by atoms with Gasteiger partial charge in [0.05, 0.1) is 12.6 Å². The standard InChI is InChI=1S/C14H23N3O/c1-15-11-14(18)17-10-5-3-4-7-13(17)12-8-6-9-16(12)2/h6,8-9,13,15H,3-5,7,10-11H2,1-2H3. The Morgan fingerprint density at radius 3 is 2.94 bits per heavy atom. The van der Waals surface area contributed by atoms with Crippen LogP contribution >= 0.6 is 0 Å². The molecular weight excluding hydrogens is 226 g/mol. The minimum atomic E-state index is 0.214. The van der Waals surface area contributed by atoms with Gasteiger partial charge in [0.1, 0.15) is 0 Å². The van der Waals surface area contributed by atoms with Crippen LogP contribution in [0.3, 0.4) is 0 Å². The van der Waals surface area contributed by atoms with Crippen molar-refractivity contribution >= 4 is 5.91 Å². The number of likely N-dealkylation sites (tertiary alicyclic amines) is 1. The molecule has 1 aromatic rings. The summed E-state index contributed by atoms with van der Waals surface area (Å²) in [7, 11) is 3.88. The van der Waals surface area contributed by atoms with Crippen LogP contribution in [0.15, 0.2) is 18.3 Å². The van der Waals surface area contributed by atoms with Crippen LogP contribution in [0.25, 0.3) is 0 Å². The zero-order valence-corrected chi connectivity index (χ0v) is 11.4. The number of carbonyl (C=O) groups is 1. The van der Waals surface area contributed by atoms with Crippen LogP contribution in [0.5, 0.6) is 0 Å². The van der Waals surface area contributed by atoms with Crippen molar-refractivity contribution < 1.29 is 4.79 Å². The normalized spacial score (nSPS) is 20.8. The molecule has 1 amide bonds. The number of hydrogen-bond acceptors (Lipinski definition) is 2. The largest absolute Gasteiger partial charge is 0.353 e. The predicted molar refractivity (Wildman–Crippen MR) is 72.3 cm³/mol. The van der Waals surface area contributed by atoms with Crippen LogP contribution < -0.4 is 5.32 Å². The molecule has 100 valence electrons. The molecule has 1 atom stereocenters. The first-order valence-electron chi connectivity index (χ1n) is 6.79. The third-order valence-corrected chi connectivity index (χ3v) is 3.73. The average molecular weight is 249 g/mol. The fourth-order valence-electron chi connectivity index (χ4n) is 2.79. The summed E-state index contributed by atoms with van der Waals surface area (Å²) in [6.07, 6.45) is 6.69. The van der Waals surface area contributed by atoms with E-state index in [2.05, 4.69) is 40.2 Å². The minimum absolute atomic E-state index is 0.214. The third kappa shape index (κ3) is 2.75. The Hall–Kier alpha value is -1.29. The van der Waals surface area contributed by atoms with Gasteiger partial charge in [0.25, 0.3) is 0 Å². The zero-order valence-electron chi connectivity index (χ0n) is 11.4. The van der Waals surface area contributed by atoms with E-state index in [-0.39, 0.29) is 11.9 Å². The van der Waals surface area contributed by atoms with Crippen molar-refractivity contribution in [3.63, 3.8) is 0 Å². The van der Waals surface area contributed by atoms with Gasteiger partial charge in [-0.15, -0.1) is 0 Å². The summed E-state index contributed by atoms with van der Waals surface area (Å²) in [5.41, 5.74) is 1.25. The highest BCUT2D eigenvalue weighted by atomic mass is 16.2. The first kappa shape index (κ1) is 13.1. The third-order valence-electron chi connectivity index (χ3n) is 3.73. The molecule has 2 heterocycles. The van der Waals surface area contributed by atoms with Gasteiger partial charge in [-0.3, -0.25) is 4.79 Å². The Bertz CT molecular complexity index is 399. The van der Waals surface area contributed by atoms with Crippen LogP contribution in [0, 0.1) is 0 Å². The lowest BCUT2D eigenvalue weighted by atomic mass is 10.1. The van der Waals surface area contributed by atoms with Crippen molar-refractivity contribution in [1.29, 1.82) is 0 Å². The molecule has 0 aromatic carbocycles. The molecule has 1 unspecified atom stereocenters. The summed E-state index contributed by atoms with van der Waals surface area (Å²) in [5, 5.41) is 2.97. The molecule has 1 aliphatic heterocycles. The number of hydrogen-bond donors (Lipinski definition) is 1. The van der Waals surface area contributed by atoms with E-state index in [4.69, 9.17) is 0 Å². The van der Waals surface area contributed by atoms with Gasteiger partial charge in [-0.2, -0.15) is 0 Å². The number of likely N-dealkylation sites (N-methyl/N-ethyl adjacent to an activating group) is 1. The zero-order chi connectivity index (χ0) is 13.0. The van der Waals surface area contributed by atoms with Gasteiger partial charge in [0.15, 0.2) is 0 Å². The maximum atomic E-state index is 12.2. The summed E-state index contributed by atoms with van der Waals surface area (Å²) >= 11 is 0. The van der Waals surface area contributed by atoms with Crippen LogP contribution in [-0.4, -0.2) is 35.5 Å². The van der Waals surface area contributed by atoms with Gasteiger partial charge in [0.2, 0.25) is 5.91 Å². The first-order chi connectivity index (χ1) is 8.74. The molecule has 0 bridgehead atoms. The van der Waals surface area contributed by atoms with Crippen LogP contribution in [-0.2, 0) is 11.8 Å². The molecule has 0 aliphatic carbocycles. The Morgan fingerprint density at radius 1 is 1.44 bits per heavy atom. The smallest absolute Gasteiger partial charge is 0.237 e. The van der Waals surface area contributed by atoms with E-state index in [1.54, 1.807) is 0 Å². The number of nitrogens with zero attached hydrogens (tertiary/aromatic N) is 2. The number of rotatable bonds is 3. The second-order valence-electron chi connectivity index (χ2n) is 5.03. The lowest BCUT2D eigenvalue weighted by Gasteiger charge is -2.30. The molecule has 4 heteroatoms. The van der Waals surface area contributed by atoms with Crippen molar-refractivity contribution in [3.05, 3.63) is 24.0 Å². The summed E-state index contributed by atoms with van der Waals surface area (Å²) in [6.45, 7) is 1.32. The highest BCUT2D eigenvalue weighted by molar-refractivity contribution is 5.78. The van der Waals surface area contributed by atoms with E-state index in [1.807, 2.05) is 7.05 Å². The van der Waals surface area contributed by atoms with E-state index in [9.17, 15) is 4.79 Å². The topological polar surface area (TPSA) is 37.3 Å². The molecule has 4 nitrogen and oxygen atoms in total. The Labute approximate surface area is 109 Å². The number of aryl methyl sites for hydroxylation is 1. The number of carbonyl (C=O) groups excluding carboxylic acids is 1. The lowest BCUT2D eigenvalue weighted by Crippen LogP contribution is -2.40. The Morgan fingerprint density at radius 2 is 2.28 bits per heavy atom. The van der Waals surface area contributed by atoms with E-state index < -0.39 is 0 Å². The van der Waals surface area contributed by atoms with Crippen molar-refractivity contribution in [1.82, 2.24) is 14.8 Å². The number of aromatic nitrogens is 1. The quantitative estimate of drug-likeness (QED) is 0.885. The SMILES string of the molecule is CNCC(=O)N1CCCCCC1c1cccn1C. The molecule has 1 fully saturated rings. The first-order valence-corrected chi connectivity index (χ1v) is 6.79. The predicted octanol–water partition coefficient (Wildman–Crippen LogP) is 1.69. The van der Waals surface area contributed by atoms with E-state index in [0.717, 1.165) is 19.4 Å². The van der Waals surface area contributed by atoms with Gasteiger partial charge in [-0.1, -0.05) is 12.8 Å². The van der Waals surface area contributed by atoms with Gasteiger partial charge in [-0.25, -0.2) is 0 Å².